The quantitative estimate of drug-likeness (QED) is 0.866. The van der Waals surface area contributed by atoms with Crippen molar-refractivity contribution in [2.45, 2.75) is 38.7 Å². The van der Waals surface area contributed by atoms with Crippen LogP contribution in [0.15, 0.2) is 36.7 Å². The van der Waals surface area contributed by atoms with Gasteiger partial charge >= 0.3 is 0 Å². The zero-order valence-electron chi connectivity index (χ0n) is 10.7. The molecule has 1 atom stereocenters. The summed E-state index contributed by atoms with van der Waals surface area (Å²) in [4.78, 5) is 6.76. The summed E-state index contributed by atoms with van der Waals surface area (Å²) in [5.41, 5.74) is 1.19. The van der Waals surface area contributed by atoms with Crippen molar-refractivity contribution in [2.24, 2.45) is 0 Å². The standard InChI is InChI=1S/C15H19NOS/c1-2-14-7-8-15(18-14)10-13(17)6-5-12-4-3-9-16-11-12/h3-4,7-9,11,13,17H,2,5-6,10H2,1H3. The van der Waals surface area contributed by atoms with E-state index in [1.807, 2.05) is 23.6 Å². The SMILES string of the molecule is CCc1ccc(CC(O)CCc2cccnc2)s1. The van der Waals surface area contributed by atoms with Crippen molar-refractivity contribution in [1.29, 1.82) is 0 Å². The van der Waals surface area contributed by atoms with E-state index in [1.165, 1.54) is 15.3 Å². The minimum atomic E-state index is -0.256. The summed E-state index contributed by atoms with van der Waals surface area (Å²) < 4.78 is 0. The van der Waals surface area contributed by atoms with E-state index in [9.17, 15) is 5.11 Å². The molecule has 0 aliphatic carbocycles. The molecule has 0 saturated carbocycles. The van der Waals surface area contributed by atoms with Gasteiger partial charge in [-0.1, -0.05) is 13.0 Å². The van der Waals surface area contributed by atoms with Crippen LogP contribution in [0.3, 0.4) is 0 Å². The number of aliphatic hydroxyl groups is 1. The third kappa shape index (κ3) is 3.93. The van der Waals surface area contributed by atoms with Gasteiger partial charge in [-0.25, -0.2) is 0 Å². The number of rotatable bonds is 6. The van der Waals surface area contributed by atoms with Crippen LogP contribution in [-0.2, 0) is 19.3 Å². The van der Waals surface area contributed by atoms with Crippen LogP contribution >= 0.6 is 11.3 Å². The minimum Gasteiger partial charge on any atom is -0.393 e. The monoisotopic (exact) mass is 261 g/mol. The normalized spacial score (nSPS) is 12.6. The fourth-order valence-electron chi connectivity index (χ4n) is 1.94. The van der Waals surface area contributed by atoms with Gasteiger partial charge in [-0.15, -0.1) is 11.3 Å². The van der Waals surface area contributed by atoms with Crippen molar-refractivity contribution in [1.82, 2.24) is 4.98 Å². The largest absolute Gasteiger partial charge is 0.393 e. The summed E-state index contributed by atoms with van der Waals surface area (Å²) in [6.07, 6.45) is 6.92. The van der Waals surface area contributed by atoms with Crippen LogP contribution in [0.25, 0.3) is 0 Å². The summed E-state index contributed by atoms with van der Waals surface area (Å²) in [7, 11) is 0. The molecule has 96 valence electrons. The molecule has 0 bridgehead atoms. The van der Waals surface area contributed by atoms with E-state index in [0.29, 0.717) is 0 Å². The van der Waals surface area contributed by atoms with E-state index >= 15 is 0 Å². The first kappa shape index (κ1) is 13.2. The van der Waals surface area contributed by atoms with Crippen LogP contribution < -0.4 is 0 Å². The Morgan fingerprint density at radius 1 is 1.28 bits per heavy atom. The van der Waals surface area contributed by atoms with Crippen molar-refractivity contribution in [3.8, 4) is 0 Å². The van der Waals surface area contributed by atoms with Gasteiger partial charge in [-0.05, 0) is 43.0 Å². The zero-order valence-corrected chi connectivity index (χ0v) is 11.5. The lowest BCUT2D eigenvalue weighted by Crippen LogP contribution is -2.10. The first-order valence-electron chi connectivity index (χ1n) is 6.42. The van der Waals surface area contributed by atoms with Gasteiger partial charge in [0.15, 0.2) is 0 Å². The molecule has 1 N–H and O–H groups in total. The van der Waals surface area contributed by atoms with Crippen molar-refractivity contribution in [3.63, 3.8) is 0 Å². The molecule has 18 heavy (non-hydrogen) atoms. The van der Waals surface area contributed by atoms with Gasteiger partial charge in [-0.2, -0.15) is 0 Å². The molecule has 2 heterocycles. The molecule has 2 nitrogen and oxygen atoms in total. The van der Waals surface area contributed by atoms with Gasteiger partial charge < -0.3 is 5.11 Å². The first-order chi connectivity index (χ1) is 8.78. The third-order valence-corrected chi connectivity index (χ3v) is 4.24. The summed E-state index contributed by atoms with van der Waals surface area (Å²) in [6, 6.07) is 8.29. The molecule has 0 aromatic carbocycles. The highest BCUT2D eigenvalue weighted by atomic mass is 32.1. The van der Waals surface area contributed by atoms with Gasteiger partial charge in [0.2, 0.25) is 0 Å². The average molecular weight is 261 g/mol. The van der Waals surface area contributed by atoms with Gasteiger partial charge in [-0.3, -0.25) is 4.98 Å². The van der Waals surface area contributed by atoms with Gasteiger partial charge in [0.05, 0.1) is 6.10 Å². The molecule has 0 aliphatic heterocycles. The molecular formula is C15H19NOS. The second-order valence-corrected chi connectivity index (χ2v) is 5.73. The number of thiophene rings is 1. The molecule has 0 fully saturated rings. The van der Waals surface area contributed by atoms with E-state index in [4.69, 9.17) is 0 Å². The fourth-order valence-corrected chi connectivity index (χ4v) is 2.96. The van der Waals surface area contributed by atoms with Crippen LogP contribution in [0.1, 0.15) is 28.7 Å². The summed E-state index contributed by atoms with van der Waals surface area (Å²) in [5, 5.41) is 10.0. The fraction of sp³-hybridized carbons (Fsp3) is 0.400. The highest BCUT2D eigenvalue weighted by Gasteiger charge is 2.08. The van der Waals surface area contributed by atoms with Crippen molar-refractivity contribution in [3.05, 3.63) is 52.0 Å². The minimum absolute atomic E-state index is 0.256. The Kier molecular flexibility index (Phi) is 4.90. The van der Waals surface area contributed by atoms with E-state index < -0.39 is 0 Å². The third-order valence-electron chi connectivity index (χ3n) is 2.99. The molecule has 0 aliphatic rings. The molecular weight excluding hydrogens is 242 g/mol. The lowest BCUT2D eigenvalue weighted by Gasteiger charge is -2.08. The number of nitrogens with zero attached hydrogens (tertiary/aromatic N) is 1. The first-order valence-corrected chi connectivity index (χ1v) is 7.24. The van der Waals surface area contributed by atoms with Crippen LogP contribution in [0.4, 0.5) is 0 Å². The molecule has 3 heteroatoms. The highest BCUT2D eigenvalue weighted by molar-refractivity contribution is 7.11. The maximum atomic E-state index is 10.0. The van der Waals surface area contributed by atoms with Crippen LogP contribution in [0.5, 0.6) is 0 Å². The second-order valence-electron chi connectivity index (χ2n) is 4.48. The number of aryl methyl sites for hydroxylation is 2. The highest BCUT2D eigenvalue weighted by Crippen LogP contribution is 2.19. The predicted octanol–water partition coefficient (Wildman–Crippen LogP) is 3.24. The lowest BCUT2D eigenvalue weighted by molar-refractivity contribution is 0.166. The Morgan fingerprint density at radius 3 is 2.78 bits per heavy atom. The van der Waals surface area contributed by atoms with E-state index in [-0.39, 0.29) is 6.10 Å². The smallest absolute Gasteiger partial charge is 0.0591 e. The molecule has 1 unspecified atom stereocenters. The molecule has 2 aromatic heterocycles. The van der Waals surface area contributed by atoms with Gasteiger partial charge in [0.1, 0.15) is 0 Å². The Bertz CT molecular complexity index is 466. The summed E-state index contributed by atoms with van der Waals surface area (Å²) in [6.45, 7) is 2.16. The average Bonchev–Trinajstić information content (AvgIpc) is 2.85. The van der Waals surface area contributed by atoms with E-state index in [1.54, 1.807) is 6.20 Å². The lowest BCUT2D eigenvalue weighted by atomic mass is 10.1. The van der Waals surface area contributed by atoms with Gasteiger partial charge in [0, 0.05) is 28.6 Å². The number of hydrogen-bond donors (Lipinski definition) is 1. The van der Waals surface area contributed by atoms with Crippen LogP contribution in [0.2, 0.25) is 0 Å². The van der Waals surface area contributed by atoms with Crippen LogP contribution in [0, 0.1) is 0 Å². The topological polar surface area (TPSA) is 33.1 Å². The Balaban J connectivity index is 1.80. The number of aliphatic hydroxyl groups excluding tert-OH is 1. The molecule has 2 aromatic rings. The Hall–Kier alpha value is -1.19. The Labute approximate surface area is 112 Å². The number of hydrogen-bond acceptors (Lipinski definition) is 3. The summed E-state index contributed by atoms with van der Waals surface area (Å²) in [5.74, 6) is 0. The molecule has 0 saturated heterocycles. The second kappa shape index (κ2) is 6.66. The molecule has 0 amide bonds. The van der Waals surface area contributed by atoms with Gasteiger partial charge in [0.25, 0.3) is 0 Å². The zero-order chi connectivity index (χ0) is 12.8. The number of pyridine rings is 1. The van der Waals surface area contributed by atoms with Crippen molar-refractivity contribution < 1.29 is 5.11 Å². The molecule has 0 radical (unpaired) electrons. The number of aromatic nitrogens is 1. The predicted molar refractivity (Wildman–Crippen MR) is 76.0 cm³/mol. The van der Waals surface area contributed by atoms with Crippen molar-refractivity contribution in [2.75, 3.05) is 0 Å². The molecule has 2 rings (SSSR count). The van der Waals surface area contributed by atoms with Crippen LogP contribution in [-0.4, -0.2) is 16.2 Å². The van der Waals surface area contributed by atoms with E-state index in [0.717, 1.165) is 25.7 Å². The maximum absolute atomic E-state index is 10.0. The summed E-state index contributed by atoms with van der Waals surface area (Å²) >= 11 is 1.81. The Morgan fingerprint density at radius 2 is 2.11 bits per heavy atom. The van der Waals surface area contributed by atoms with Crippen molar-refractivity contribution >= 4 is 11.3 Å². The maximum Gasteiger partial charge on any atom is 0.0591 e. The molecule has 0 spiro atoms. The van der Waals surface area contributed by atoms with E-state index in [2.05, 4.69) is 30.1 Å².